The van der Waals surface area contributed by atoms with Gasteiger partial charge in [0.05, 0.1) is 14.2 Å². The Hall–Kier alpha value is -3.12. The number of methoxy groups -OCH3 is 2. The summed E-state index contributed by atoms with van der Waals surface area (Å²) in [6.07, 6.45) is 0.683. The number of hydrogen-bond acceptors (Lipinski definition) is 4. The number of hydrogen-bond donors (Lipinski definition) is 0. The normalized spacial score (nSPS) is 17.1. The van der Waals surface area contributed by atoms with Gasteiger partial charge >= 0.3 is 5.97 Å². The first-order chi connectivity index (χ1) is 16.6. The van der Waals surface area contributed by atoms with Gasteiger partial charge in [0, 0.05) is 28.6 Å². The van der Waals surface area contributed by atoms with E-state index in [0.717, 1.165) is 21.2 Å². The minimum atomic E-state index is -1.22. The van der Waals surface area contributed by atoms with E-state index in [9.17, 15) is 9.59 Å². The molecule has 1 heterocycles. The summed E-state index contributed by atoms with van der Waals surface area (Å²) in [5.74, 6) is -0.0724. The van der Waals surface area contributed by atoms with E-state index in [1.54, 1.807) is 18.1 Å². The second-order valence-electron chi connectivity index (χ2n) is 9.94. The van der Waals surface area contributed by atoms with Gasteiger partial charge in [0.25, 0.3) is 5.91 Å². The molecule has 3 aromatic rings. The molecule has 0 aliphatic carbocycles. The van der Waals surface area contributed by atoms with Gasteiger partial charge in [-0.05, 0) is 52.4 Å². The van der Waals surface area contributed by atoms with Crippen molar-refractivity contribution in [3.63, 3.8) is 0 Å². The third-order valence-corrected chi connectivity index (χ3v) is 7.05. The molecule has 0 fully saturated rings. The maximum absolute atomic E-state index is 14.2. The lowest BCUT2D eigenvalue weighted by atomic mass is 9.85. The third-order valence-electron chi connectivity index (χ3n) is 6.56. The molecular formula is C29H30BrNO4. The van der Waals surface area contributed by atoms with Crippen LogP contribution in [0.15, 0.2) is 71.2 Å². The number of rotatable bonds is 5. The molecule has 6 heteroatoms. The molecule has 1 unspecified atom stereocenters. The molecule has 0 N–H and O–H groups in total. The smallest absolute Gasteiger partial charge is 0.332 e. The van der Waals surface area contributed by atoms with Crippen LogP contribution in [-0.4, -0.2) is 31.6 Å². The Morgan fingerprint density at radius 1 is 1.00 bits per heavy atom. The third kappa shape index (κ3) is 4.59. The highest BCUT2D eigenvalue weighted by Crippen LogP contribution is 2.44. The molecule has 0 saturated carbocycles. The zero-order chi connectivity index (χ0) is 25.4. The summed E-state index contributed by atoms with van der Waals surface area (Å²) >= 11 is 3.53. The molecule has 182 valence electrons. The lowest BCUT2D eigenvalue weighted by molar-refractivity contribution is -0.146. The number of esters is 1. The van der Waals surface area contributed by atoms with Crippen LogP contribution in [0.2, 0.25) is 0 Å². The minimum Gasteiger partial charge on any atom is -0.496 e. The van der Waals surface area contributed by atoms with Crippen molar-refractivity contribution in [2.24, 2.45) is 0 Å². The number of carbonyl (C=O) groups is 2. The van der Waals surface area contributed by atoms with Crippen molar-refractivity contribution in [2.45, 2.75) is 44.6 Å². The second kappa shape index (κ2) is 9.50. The van der Waals surface area contributed by atoms with Crippen LogP contribution in [0.3, 0.4) is 0 Å². The lowest BCUT2D eigenvalue weighted by Crippen LogP contribution is -2.58. The van der Waals surface area contributed by atoms with E-state index in [1.165, 1.54) is 7.11 Å². The van der Waals surface area contributed by atoms with Crippen molar-refractivity contribution in [1.29, 1.82) is 0 Å². The van der Waals surface area contributed by atoms with Crippen LogP contribution < -0.4 is 9.64 Å². The van der Waals surface area contributed by atoms with Gasteiger partial charge in [-0.3, -0.25) is 9.69 Å². The van der Waals surface area contributed by atoms with Gasteiger partial charge in [-0.25, -0.2) is 4.79 Å². The number of fused-ring (bicyclic) bond motifs is 1. The fourth-order valence-corrected chi connectivity index (χ4v) is 5.32. The summed E-state index contributed by atoms with van der Waals surface area (Å²) in [7, 11) is 2.98. The SMILES string of the molecule is COC(=O)C1(Cc2ccccc2)Cc2cc(Br)ccc2N1C(=O)c1ccc(C(C)(C)C)c(OC)c1. The van der Waals surface area contributed by atoms with Crippen LogP contribution in [0, 0.1) is 0 Å². The Morgan fingerprint density at radius 3 is 2.34 bits per heavy atom. The monoisotopic (exact) mass is 535 g/mol. The maximum atomic E-state index is 14.2. The Kier molecular flexibility index (Phi) is 6.78. The number of ether oxygens (including phenoxy) is 2. The van der Waals surface area contributed by atoms with Crippen molar-refractivity contribution < 1.29 is 19.1 Å². The molecule has 0 aromatic heterocycles. The highest BCUT2D eigenvalue weighted by molar-refractivity contribution is 9.10. The lowest BCUT2D eigenvalue weighted by Gasteiger charge is -2.36. The van der Waals surface area contributed by atoms with Crippen molar-refractivity contribution in [2.75, 3.05) is 19.1 Å². The van der Waals surface area contributed by atoms with Gasteiger partial charge in [0.15, 0.2) is 5.54 Å². The zero-order valence-electron chi connectivity index (χ0n) is 20.7. The zero-order valence-corrected chi connectivity index (χ0v) is 22.3. The highest BCUT2D eigenvalue weighted by atomic mass is 79.9. The molecule has 0 bridgehead atoms. The van der Waals surface area contributed by atoms with E-state index in [2.05, 4.69) is 36.7 Å². The molecule has 0 spiro atoms. The van der Waals surface area contributed by atoms with Gasteiger partial charge in [-0.15, -0.1) is 0 Å². The van der Waals surface area contributed by atoms with Crippen LogP contribution in [-0.2, 0) is 27.8 Å². The minimum absolute atomic E-state index is 0.150. The Bertz CT molecular complexity index is 1270. The highest BCUT2D eigenvalue weighted by Gasteiger charge is 2.53. The summed E-state index contributed by atoms with van der Waals surface area (Å²) in [5.41, 5.74) is 2.65. The fourth-order valence-electron chi connectivity index (χ4n) is 4.92. The molecule has 0 saturated heterocycles. The Labute approximate surface area is 215 Å². The number of nitrogens with zero attached hydrogens (tertiary/aromatic N) is 1. The summed E-state index contributed by atoms with van der Waals surface area (Å²) < 4.78 is 11.9. The predicted molar refractivity (Wildman–Crippen MR) is 141 cm³/mol. The molecule has 35 heavy (non-hydrogen) atoms. The molecule has 1 amide bonds. The summed E-state index contributed by atoms with van der Waals surface area (Å²) in [6, 6.07) is 21.0. The van der Waals surface area contributed by atoms with Crippen molar-refractivity contribution in [3.8, 4) is 5.75 Å². The average molecular weight is 536 g/mol. The summed E-state index contributed by atoms with van der Waals surface area (Å²) in [4.78, 5) is 29.3. The molecule has 5 nitrogen and oxygen atoms in total. The number of halogens is 1. The van der Waals surface area contributed by atoms with Gasteiger partial charge in [-0.1, -0.05) is 73.1 Å². The quantitative estimate of drug-likeness (QED) is 0.369. The first-order valence-electron chi connectivity index (χ1n) is 11.5. The van der Waals surface area contributed by atoms with E-state index in [1.807, 2.05) is 60.7 Å². The second-order valence-corrected chi connectivity index (χ2v) is 10.9. The van der Waals surface area contributed by atoms with Crippen LogP contribution >= 0.6 is 15.9 Å². The molecule has 1 atom stereocenters. The largest absolute Gasteiger partial charge is 0.496 e. The number of anilines is 1. The van der Waals surface area contributed by atoms with Crippen molar-refractivity contribution in [1.82, 2.24) is 0 Å². The van der Waals surface area contributed by atoms with Gasteiger partial charge in [0.1, 0.15) is 5.75 Å². The molecule has 4 rings (SSSR count). The first kappa shape index (κ1) is 25.0. The summed E-state index contributed by atoms with van der Waals surface area (Å²) in [5, 5.41) is 0. The van der Waals surface area contributed by atoms with E-state index in [-0.39, 0.29) is 11.3 Å². The van der Waals surface area contributed by atoms with Gasteiger partial charge < -0.3 is 9.47 Å². The van der Waals surface area contributed by atoms with E-state index in [0.29, 0.717) is 29.8 Å². The van der Waals surface area contributed by atoms with Crippen LogP contribution in [0.1, 0.15) is 47.8 Å². The maximum Gasteiger partial charge on any atom is 0.332 e. The molecule has 0 radical (unpaired) electrons. The molecule has 1 aliphatic heterocycles. The van der Waals surface area contributed by atoms with E-state index >= 15 is 0 Å². The van der Waals surface area contributed by atoms with Crippen molar-refractivity contribution in [3.05, 3.63) is 93.5 Å². The van der Waals surface area contributed by atoms with Crippen LogP contribution in [0.5, 0.6) is 5.75 Å². The van der Waals surface area contributed by atoms with Gasteiger partial charge in [-0.2, -0.15) is 0 Å². The average Bonchev–Trinajstić information content (AvgIpc) is 3.16. The summed E-state index contributed by atoms with van der Waals surface area (Å²) in [6.45, 7) is 6.30. The standard InChI is InChI=1S/C29H30BrNO4/c1-28(2,3)23-13-11-20(16-25(23)34-4)26(32)31-24-14-12-22(30)15-21(24)18-29(31,27(33)35-5)17-19-9-7-6-8-10-19/h6-16H,17-18H2,1-5H3. The Morgan fingerprint density at radius 2 is 1.71 bits per heavy atom. The molecule has 3 aromatic carbocycles. The van der Waals surface area contributed by atoms with Crippen LogP contribution in [0.25, 0.3) is 0 Å². The first-order valence-corrected chi connectivity index (χ1v) is 12.3. The van der Waals surface area contributed by atoms with E-state index in [4.69, 9.17) is 9.47 Å². The topological polar surface area (TPSA) is 55.8 Å². The predicted octanol–water partition coefficient (Wildman–Crippen LogP) is 6.11. The Balaban J connectivity index is 1.88. The number of benzene rings is 3. The van der Waals surface area contributed by atoms with E-state index < -0.39 is 11.5 Å². The number of carbonyl (C=O) groups excluding carboxylic acids is 2. The van der Waals surface area contributed by atoms with Crippen molar-refractivity contribution >= 4 is 33.5 Å². The molecule has 1 aliphatic rings. The van der Waals surface area contributed by atoms with Gasteiger partial charge in [0.2, 0.25) is 0 Å². The number of amides is 1. The fraction of sp³-hybridized carbons (Fsp3) is 0.310. The molecular weight excluding hydrogens is 506 g/mol. The van der Waals surface area contributed by atoms with Crippen LogP contribution in [0.4, 0.5) is 5.69 Å².